The molecule has 0 bridgehead atoms. The summed E-state index contributed by atoms with van der Waals surface area (Å²) in [5.41, 5.74) is 7.60. The molecule has 0 radical (unpaired) electrons. The standard InChI is InChI=1S/C30H31N3OS/c1-21-13-15-23(16-14-21)28-26-11-7-19-32(26)29-25(24-10-5-6-12-27(24)35-29)20-33(28)30(34)31-18-17-22-8-3-2-4-9-22/h2-4,7-9,11,13-16,19,28H,5-6,10,12,17-18,20H2,1H3,(H,31,34)/t28-/m0/s1. The number of carbonyl (C=O) groups excluding carboxylic acids is 1. The van der Waals surface area contributed by atoms with Crippen LogP contribution >= 0.6 is 11.3 Å². The number of amides is 2. The lowest BCUT2D eigenvalue weighted by atomic mass is 9.95. The number of urea groups is 1. The lowest BCUT2D eigenvalue weighted by Crippen LogP contribution is -2.42. The Morgan fingerprint density at radius 3 is 2.60 bits per heavy atom. The van der Waals surface area contributed by atoms with E-state index in [4.69, 9.17) is 0 Å². The molecule has 0 fully saturated rings. The van der Waals surface area contributed by atoms with Gasteiger partial charge in [-0.15, -0.1) is 11.3 Å². The molecule has 0 saturated heterocycles. The minimum Gasteiger partial charge on any atom is -0.338 e. The fraction of sp³-hybridized carbons (Fsp3) is 0.300. The molecule has 35 heavy (non-hydrogen) atoms. The van der Waals surface area contributed by atoms with Gasteiger partial charge in [0.1, 0.15) is 5.00 Å². The van der Waals surface area contributed by atoms with E-state index in [0.717, 1.165) is 30.5 Å². The fourth-order valence-corrected chi connectivity index (χ4v) is 6.95. The van der Waals surface area contributed by atoms with Crippen molar-refractivity contribution in [2.45, 2.75) is 51.6 Å². The summed E-state index contributed by atoms with van der Waals surface area (Å²) in [5, 5.41) is 4.55. The topological polar surface area (TPSA) is 37.3 Å². The highest BCUT2D eigenvalue weighted by atomic mass is 32.1. The number of nitrogens with zero attached hydrogens (tertiary/aromatic N) is 2. The number of hydrogen-bond acceptors (Lipinski definition) is 2. The molecule has 0 saturated carbocycles. The Morgan fingerprint density at radius 2 is 1.77 bits per heavy atom. The van der Waals surface area contributed by atoms with E-state index in [0.29, 0.717) is 13.1 Å². The van der Waals surface area contributed by atoms with Gasteiger partial charge in [0, 0.05) is 23.2 Å². The van der Waals surface area contributed by atoms with Gasteiger partial charge in [-0.1, -0.05) is 60.2 Å². The third kappa shape index (κ3) is 4.19. The number of nitrogens with one attached hydrogen (secondary N) is 1. The Kier molecular flexibility index (Phi) is 5.95. The molecule has 3 heterocycles. The van der Waals surface area contributed by atoms with Gasteiger partial charge >= 0.3 is 6.03 Å². The van der Waals surface area contributed by atoms with Crippen LogP contribution in [0.25, 0.3) is 5.00 Å². The zero-order chi connectivity index (χ0) is 23.8. The highest BCUT2D eigenvalue weighted by molar-refractivity contribution is 7.15. The maximum Gasteiger partial charge on any atom is 0.318 e. The van der Waals surface area contributed by atoms with E-state index in [1.807, 2.05) is 17.4 Å². The highest BCUT2D eigenvalue weighted by Gasteiger charge is 2.35. The Hall–Kier alpha value is -3.31. The summed E-state index contributed by atoms with van der Waals surface area (Å²) in [4.78, 5) is 17.4. The van der Waals surface area contributed by atoms with Gasteiger partial charge in [-0.05, 0) is 67.9 Å². The van der Waals surface area contributed by atoms with Crippen molar-refractivity contribution in [1.29, 1.82) is 0 Å². The van der Waals surface area contributed by atoms with Crippen LogP contribution in [0.5, 0.6) is 0 Å². The minimum absolute atomic E-state index is 0.00265. The van der Waals surface area contributed by atoms with Crippen molar-refractivity contribution in [3.8, 4) is 5.00 Å². The monoisotopic (exact) mass is 481 g/mol. The van der Waals surface area contributed by atoms with Crippen LogP contribution in [0.1, 0.15) is 57.3 Å². The summed E-state index contributed by atoms with van der Waals surface area (Å²) in [5.74, 6) is 0. The van der Waals surface area contributed by atoms with Crippen LogP contribution in [0.3, 0.4) is 0 Å². The number of fused-ring (bicyclic) bond motifs is 5. The Balaban J connectivity index is 1.39. The van der Waals surface area contributed by atoms with E-state index in [1.54, 1.807) is 0 Å². The number of aromatic nitrogens is 1. The molecule has 2 aliphatic rings. The van der Waals surface area contributed by atoms with Crippen LogP contribution in [0.2, 0.25) is 0 Å². The summed E-state index contributed by atoms with van der Waals surface area (Å²) >= 11 is 1.93. The van der Waals surface area contributed by atoms with Crippen molar-refractivity contribution in [1.82, 2.24) is 14.8 Å². The summed E-state index contributed by atoms with van der Waals surface area (Å²) in [6.45, 7) is 3.37. The van der Waals surface area contributed by atoms with Crippen molar-refractivity contribution in [3.05, 3.63) is 111 Å². The molecule has 178 valence electrons. The van der Waals surface area contributed by atoms with E-state index in [9.17, 15) is 4.79 Å². The molecule has 2 aromatic carbocycles. The molecule has 4 aromatic rings. The molecule has 0 spiro atoms. The Labute approximate surface area is 211 Å². The second kappa shape index (κ2) is 9.38. The molecule has 4 nitrogen and oxygen atoms in total. The lowest BCUT2D eigenvalue weighted by Gasteiger charge is -2.31. The van der Waals surface area contributed by atoms with E-state index in [-0.39, 0.29) is 12.1 Å². The smallest absolute Gasteiger partial charge is 0.318 e. The van der Waals surface area contributed by atoms with Crippen LogP contribution in [0, 0.1) is 6.92 Å². The molecular weight excluding hydrogens is 450 g/mol. The van der Waals surface area contributed by atoms with Crippen LogP contribution in [-0.2, 0) is 25.8 Å². The third-order valence-electron chi connectivity index (χ3n) is 7.37. The van der Waals surface area contributed by atoms with Crippen molar-refractivity contribution in [3.63, 3.8) is 0 Å². The molecule has 1 N–H and O–H groups in total. The second-order valence-corrected chi connectivity index (χ2v) is 10.8. The van der Waals surface area contributed by atoms with Gasteiger partial charge in [0.2, 0.25) is 0 Å². The van der Waals surface area contributed by atoms with E-state index in [2.05, 4.69) is 88.6 Å². The van der Waals surface area contributed by atoms with Gasteiger partial charge in [-0.25, -0.2) is 4.79 Å². The number of aryl methyl sites for hydroxylation is 2. The van der Waals surface area contributed by atoms with E-state index >= 15 is 0 Å². The number of thiophene rings is 1. The van der Waals surface area contributed by atoms with E-state index in [1.165, 1.54) is 45.0 Å². The predicted molar refractivity (Wildman–Crippen MR) is 142 cm³/mol. The van der Waals surface area contributed by atoms with Gasteiger partial charge in [0.15, 0.2) is 0 Å². The number of hydrogen-bond donors (Lipinski definition) is 1. The summed E-state index contributed by atoms with van der Waals surface area (Å²) in [7, 11) is 0. The zero-order valence-electron chi connectivity index (χ0n) is 20.2. The predicted octanol–water partition coefficient (Wildman–Crippen LogP) is 6.58. The van der Waals surface area contributed by atoms with Gasteiger partial charge in [-0.3, -0.25) is 0 Å². The number of benzene rings is 2. The Morgan fingerprint density at radius 1 is 0.971 bits per heavy atom. The van der Waals surface area contributed by atoms with Gasteiger partial charge in [0.25, 0.3) is 0 Å². The SMILES string of the molecule is Cc1ccc([C@H]2c3cccn3-c3sc4c(c3CN2C(=O)NCCc2ccccc2)CCCC4)cc1. The van der Waals surface area contributed by atoms with Crippen LogP contribution < -0.4 is 5.32 Å². The third-order valence-corrected chi connectivity index (χ3v) is 8.70. The first-order valence-corrected chi connectivity index (χ1v) is 13.5. The van der Waals surface area contributed by atoms with Gasteiger partial charge in [0.05, 0.1) is 18.3 Å². The summed E-state index contributed by atoms with van der Waals surface area (Å²) < 4.78 is 2.35. The molecule has 1 aliphatic carbocycles. The first-order valence-electron chi connectivity index (χ1n) is 12.6. The largest absolute Gasteiger partial charge is 0.338 e. The second-order valence-electron chi connectivity index (χ2n) is 9.71. The maximum atomic E-state index is 13.8. The fourth-order valence-electron chi connectivity index (χ4n) is 5.55. The van der Waals surface area contributed by atoms with Crippen molar-refractivity contribution in [2.75, 3.05) is 6.54 Å². The lowest BCUT2D eigenvalue weighted by molar-refractivity contribution is 0.180. The van der Waals surface area contributed by atoms with Crippen LogP contribution in [-0.4, -0.2) is 22.0 Å². The average Bonchev–Trinajstić information content (AvgIpc) is 3.47. The molecule has 6 rings (SSSR count). The van der Waals surface area contributed by atoms with Gasteiger partial charge in [-0.2, -0.15) is 0 Å². The molecule has 2 amide bonds. The molecule has 1 atom stereocenters. The molecule has 0 unspecified atom stereocenters. The summed E-state index contributed by atoms with van der Waals surface area (Å²) in [6, 6.07) is 23.2. The van der Waals surface area contributed by atoms with Gasteiger partial charge < -0.3 is 14.8 Å². The molecule has 5 heteroatoms. The number of rotatable bonds is 4. The zero-order valence-corrected chi connectivity index (χ0v) is 21.0. The first kappa shape index (κ1) is 22.2. The molecule has 1 aliphatic heterocycles. The highest BCUT2D eigenvalue weighted by Crippen LogP contribution is 2.44. The minimum atomic E-state index is -0.138. The van der Waals surface area contributed by atoms with Crippen LogP contribution in [0.15, 0.2) is 72.9 Å². The van der Waals surface area contributed by atoms with Crippen molar-refractivity contribution in [2.24, 2.45) is 0 Å². The average molecular weight is 482 g/mol. The van der Waals surface area contributed by atoms with Crippen molar-refractivity contribution < 1.29 is 4.79 Å². The Bertz CT molecular complexity index is 1340. The maximum absolute atomic E-state index is 13.8. The normalized spacial score (nSPS) is 16.7. The summed E-state index contributed by atoms with van der Waals surface area (Å²) in [6.07, 6.45) is 7.78. The van der Waals surface area contributed by atoms with E-state index < -0.39 is 0 Å². The quantitative estimate of drug-likeness (QED) is 0.351. The molecule has 2 aromatic heterocycles. The van der Waals surface area contributed by atoms with Crippen LogP contribution in [0.4, 0.5) is 4.79 Å². The molecular formula is C30H31N3OS. The number of carbonyl (C=O) groups is 1. The van der Waals surface area contributed by atoms with Crippen molar-refractivity contribution >= 4 is 17.4 Å². The first-order chi connectivity index (χ1) is 17.2.